The van der Waals surface area contributed by atoms with Crippen LogP contribution in [0.15, 0.2) is 71.1 Å². The van der Waals surface area contributed by atoms with Crippen LogP contribution < -0.4 is 15.2 Å². The second-order valence-electron chi connectivity index (χ2n) is 6.99. The Bertz CT molecular complexity index is 1160. The van der Waals surface area contributed by atoms with E-state index in [1.165, 1.54) is 40.9 Å². The molecule has 174 valence electrons. The van der Waals surface area contributed by atoms with Crippen LogP contribution in [-0.4, -0.2) is 48.7 Å². The fourth-order valence-electron chi connectivity index (χ4n) is 3.02. The average Bonchev–Trinajstić information content (AvgIpc) is 3.04. The highest BCUT2D eigenvalue weighted by Gasteiger charge is 2.38. The number of benzene rings is 2. The van der Waals surface area contributed by atoms with Gasteiger partial charge in [-0.1, -0.05) is 17.8 Å². The van der Waals surface area contributed by atoms with Crippen LogP contribution in [0.4, 0.5) is 11.4 Å². The predicted octanol–water partition coefficient (Wildman–Crippen LogP) is 2.88. The minimum Gasteiger partial charge on any atom is -0.494 e. The number of rotatable bonds is 9. The molecule has 3 rings (SSSR count). The number of amides is 2. The Morgan fingerprint density at radius 2 is 1.91 bits per heavy atom. The van der Waals surface area contributed by atoms with Crippen molar-refractivity contribution in [3.63, 3.8) is 0 Å². The summed E-state index contributed by atoms with van der Waals surface area (Å²) in [6, 6.07) is 12.7. The number of nitrogens with two attached hydrogens (primary N) is 1. The molecule has 1 fully saturated rings. The zero-order valence-corrected chi connectivity index (χ0v) is 19.6. The first kappa shape index (κ1) is 24.5. The molecule has 0 aromatic heterocycles. The van der Waals surface area contributed by atoms with Gasteiger partial charge in [-0.15, -0.1) is 6.58 Å². The van der Waals surface area contributed by atoms with Crippen LogP contribution in [0.3, 0.4) is 0 Å². The van der Waals surface area contributed by atoms with E-state index in [0.717, 1.165) is 0 Å². The number of hydrogen-bond acceptors (Lipinski definition) is 7. The Morgan fingerprint density at radius 3 is 2.48 bits per heavy atom. The summed E-state index contributed by atoms with van der Waals surface area (Å²) in [7, 11) is -3.81. The first-order valence-electron chi connectivity index (χ1n) is 10.0. The van der Waals surface area contributed by atoms with E-state index in [-0.39, 0.29) is 29.7 Å². The molecule has 2 amide bonds. The summed E-state index contributed by atoms with van der Waals surface area (Å²) in [6.07, 6.45) is 1.54. The van der Waals surface area contributed by atoms with Crippen LogP contribution in [0.2, 0.25) is 0 Å². The summed E-state index contributed by atoms with van der Waals surface area (Å²) in [5, 5.41) is 7.66. The Morgan fingerprint density at radius 1 is 1.24 bits per heavy atom. The third-order valence-electron chi connectivity index (χ3n) is 4.54. The number of amidine groups is 1. The van der Waals surface area contributed by atoms with Gasteiger partial charge in [0.05, 0.1) is 17.2 Å². The van der Waals surface area contributed by atoms with Crippen LogP contribution in [0.5, 0.6) is 5.75 Å². The van der Waals surface area contributed by atoms with Crippen molar-refractivity contribution < 1.29 is 22.7 Å². The van der Waals surface area contributed by atoms with Crippen molar-refractivity contribution in [2.24, 2.45) is 10.1 Å². The molecule has 1 aliphatic heterocycles. The maximum absolute atomic E-state index is 12.9. The lowest BCUT2D eigenvalue weighted by atomic mass is 10.2. The van der Waals surface area contributed by atoms with Crippen LogP contribution in [0, 0.1) is 0 Å². The van der Waals surface area contributed by atoms with Crippen molar-refractivity contribution in [3.8, 4) is 5.75 Å². The number of carbonyl (C=O) groups excluding carboxylic acids is 2. The maximum Gasteiger partial charge on any atom is 0.242 e. The number of sulfonamides is 1. The van der Waals surface area contributed by atoms with E-state index in [1.54, 1.807) is 30.3 Å². The highest BCUT2D eigenvalue weighted by atomic mass is 32.2. The monoisotopic (exact) mass is 488 g/mol. The number of primary sulfonamides is 1. The van der Waals surface area contributed by atoms with Gasteiger partial charge in [0, 0.05) is 18.7 Å². The minimum atomic E-state index is -3.81. The van der Waals surface area contributed by atoms with Gasteiger partial charge in [-0.25, -0.2) is 18.5 Å². The van der Waals surface area contributed by atoms with Gasteiger partial charge in [-0.3, -0.25) is 14.5 Å². The quantitative estimate of drug-likeness (QED) is 0.522. The Kier molecular flexibility index (Phi) is 7.90. The number of ether oxygens (including phenoxy) is 1. The molecule has 0 saturated carbocycles. The lowest BCUT2D eigenvalue weighted by molar-refractivity contribution is -0.127. The van der Waals surface area contributed by atoms with Gasteiger partial charge in [-0.2, -0.15) is 0 Å². The number of nitrogens with one attached hydrogen (secondary N) is 1. The molecule has 11 heteroatoms. The predicted molar refractivity (Wildman–Crippen MR) is 129 cm³/mol. The minimum absolute atomic E-state index is 0.0339. The molecule has 2 aromatic rings. The van der Waals surface area contributed by atoms with Crippen molar-refractivity contribution in [2.45, 2.75) is 23.5 Å². The van der Waals surface area contributed by atoms with E-state index in [9.17, 15) is 18.0 Å². The molecule has 1 unspecified atom stereocenters. The van der Waals surface area contributed by atoms with Crippen molar-refractivity contribution in [3.05, 3.63) is 61.2 Å². The van der Waals surface area contributed by atoms with Crippen LogP contribution in [0.1, 0.15) is 13.3 Å². The number of nitrogens with zero attached hydrogens (tertiary/aromatic N) is 2. The molecule has 3 N–H and O–H groups in total. The van der Waals surface area contributed by atoms with Gasteiger partial charge in [0.25, 0.3) is 0 Å². The second-order valence-corrected chi connectivity index (χ2v) is 9.72. The van der Waals surface area contributed by atoms with Gasteiger partial charge >= 0.3 is 0 Å². The Balaban J connectivity index is 1.71. The van der Waals surface area contributed by atoms with E-state index >= 15 is 0 Å². The topological polar surface area (TPSA) is 131 Å². The third-order valence-corrected chi connectivity index (χ3v) is 6.65. The summed E-state index contributed by atoms with van der Waals surface area (Å²) in [4.78, 5) is 31.3. The molecule has 0 radical (unpaired) electrons. The van der Waals surface area contributed by atoms with Crippen LogP contribution >= 0.6 is 11.8 Å². The summed E-state index contributed by atoms with van der Waals surface area (Å²) < 4.78 is 28.2. The largest absolute Gasteiger partial charge is 0.494 e. The van der Waals surface area contributed by atoms with Crippen LogP contribution in [-0.2, 0) is 19.6 Å². The SMILES string of the molecule is C=CCN1C(=O)C(CC(=O)Nc2ccc(OCC)cc2)SC1=Nc1ccc(S(N)(=O)=O)cc1. The van der Waals surface area contributed by atoms with Gasteiger partial charge < -0.3 is 10.1 Å². The van der Waals surface area contributed by atoms with Gasteiger partial charge in [0.2, 0.25) is 21.8 Å². The molecule has 0 bridgehead atoms. The number of aliphatic imine (C=N–C) groups is 1. The molecule has 9 nitrogen and oxygen atoms in total. The zero-order valence-electron chi connectivity index (χ0n) is 17.9. The van der Waals surface area contributed by atoms with Gasteiger partial charge in [-0.05, 0) is 55.5 Å². The Hall–Kier alpha value is -3.15. The third kappa shape index (κ3) is 6.44. The summed E-state index contributed by atoms with van der Waals surface area (Å²) in [5.41, 5.74) is 1.05. The molecule has 0 aliphatic carbocycles. The molecule has 1 heterocycles. The molecule has 1 saturated heterocycles. The molecule has 1 atom stereocenters. The first-order chi connectivity index (χ1) is 15.7. The Labute approximate surface area is 196 Å². The van der Waals surface area contributed by atoms with E-state index in [4.69, 9.17) is 9.88 Å². The lowest BCUT2D eigenvalue weighted by Gasteiger charge is -2.14. The summed E-state index contributed by atoms with van der Waals surface area (Å²) in [5.74, 6) is 0.152. The highest BCUT2D eigenvalue weighted by molar-refractivity contribution is 8.15. The van der Waals surface area contributed by atoms with Crippen molar-refractivity contribution in [1.29, 1.82) is 0 Å². The number of anilines is 1. The smallest absolute Gasteiger partial charge is 0.242 e. The number of thioether (sulfide) groups is 1. The normalized spacial score (nSPS) is 17.3. The lowest BCUT2D eigenvalue weighted by Crippen LogP contribution is -2.33. The van der Waals surface area contributed by atoms with Crippen molar-refractivity contribution in [2.75, 3.05) is 18.5 Å². The highest BCUT2D eigenvalue weighted by Crippen LogP contribution is 2.32. The number of carbonyl (C=O) groups is 2. The summed E-state index contributed by atoms with van der Waals surface area (Å²) in [6.45, 7) is 6.34. The van der Waals surface area contributed by atoms with E-state index in [1.807, 2.05) is 6.92 Å². The molecule has 33 heavy (non-hydrogen) atoms. The molecule has 1 aliphatic rings. The summed E-state index contributed by atoms with van der Waals surface area (Å²) >= 11 is 1.17. The molecule has 2 aromatic carbocycles. The van der Waals surface area contributed by atoms with Gasteiger partial charge in [0.15, 0.2) is 5.17 Å². The van der Waals surface area contributed by atoms with Gasteiger partial charge in [0.1, 0.15) is 11.0 Å². The number of hydrogen-bond donors (Lipinski definition) is 2. The standard InChI is InChI=1S/C22H24N4O5S2/c1-3-13-26-21(28)19(14-20(27)24-15-5-9-17(10-6-15)31-4-2)32-22(26)25-16-7-11-18(12-8-16)33(23,29)30/h3,5-12,19H,1,4,13-14H2,2H3,(H,24,27)(H2,23,29,30). The molecule has 0 spiro atoms. The van der Waals surface area contributed by atoms with E-state index < -0.39 is 15.3 Å². The second kappa shape index (κ2) is 10.6. The average molecular weight is 489 g/mol. The zero-order chi connectivity index (χ0) is 24.0. The fraction of sp³-hybridized carbons (Fsp3) is 0.227. The first-order valence-corrected chi connectivity index (χ1v) is 12.5. The van der Waals surface area contributed by atoms with E-state index in [0.29, 0.717) is 28.9 Å². The fourth-order valence-corrected chi connectivity index (χ4v) is 4.71. The van der Waals surface area contributed by atoms with Crippen LogP contribution in [0.25, 0.3) is 0 Å². The maximum atomic E-state index is 12.9. The molecular formula is C22H24N4O5S2. The van der Waals surface area contributed by atoms with Crippen molar-refractivity contribution in [1.82, 2.24) is 4.90 Å². The van der Waals surface area contributed by atoms with Crippen molar-refractivity contribution >= 4 is 50.1 Å². The van der Waals surface area contributed by atoms with E-state index in [2.05, 4.69) is 16.9 Å². The molecular weight excluding hydrogens is 464 g/mol.